The fourth-order valence-electron chi connectivity index (χ4n) is 8.85. The highest BCUT2D eigenvalue weighted by atomic mass is 16.6. The highest BCUT2D eigenvalue weighted by Gasteiger charge is 2.77. The first-order valence-electron chi connectivity index (χ1n) is 16.0. The third-order valence-corrected chi connectivity index (χ3v) is 12.1. The van der Waals surface area contributed by atoms with Crippen molar-refractivity contribution in [1.29, 1.82) is 0 Å². The van der Waals surface area contributed by atoms with Crippen molar-refractivity contribution in [2.75, 3.05) is 6.61 Å². The molecule has 1 heterocycles. The van der Waals surface area contributed by atoms with Crippen molar-refractivity contribution in [3.8, 4) is 0 Å². The van der Waals surface area contributed by atoms with Crippen LogP contribution >= 0.6 is 0 Å². The zero-order valence-electron chi connectivity index (χ0n) is 26.8. The molecule has 45 heavy (non-hydrogen) atoms. The van der Waals surface area contributed by atoms with Gasteiger partial charge < -0.3 is 29.2 Å². The summed E-state index contributed by atoms with van der Waals surface area (Å²) in [6.07, 6.45) is -2.33. The minimum atomic E-state index is -2.00. The molecule has 10 heteroatoms. The molecule has 1 aliphatic heterocycles. The maximum atomic E-state index is 15.2. The number of carbonyl (C=O) groups excluding carboxylic acids is 4. The van der Waals surface area contributed by atoms with Gasteiger partial charge in [-0.2, -0.15) is 0 Å². The molecule has 1 saturated heterocycles. The summed E-state index contributed by atoms with van der Waals surface area (Å²) >= 11 is 0. The second kappa shape index (κ2) is 10.7. The summed E-state index contributed by atoms with van der Waals surface area (Å²) in [5.41, 5.74) is -5.26. The molecule has 244 valence electrons. The van der Waals surface area contributed by atoms with E-state index in [1.54, 1.807) is 58.0 Å². The summed E-state index contributed by atoms with van der Waals surface area (Å²) < 4.78 is 24.7. The van der Waals surface area contributed by atoms with Gasteiger partial charge in [-0.1, -0.05) is 52.3 Å². The van der Waals surface area contributed by atoms with Crippen LogP contribution in [0.3, 0.4) is 0 Å². The Kier molecular flexibility index (Phi) is 7.61. The van der Waals surface area contributed by atoms with Crippen molar-refractivity contribution in [3.63, 3.8) is 0 Å². The predicted octanol–water partition coefficient (Wildman–Crippen LogP) is 3.71. The summed E-state index contributed by atoms with van der Waals surface area (Å²) in [7, 11) is 0. The molecule has 0 aromatic heterocycles. The molecule has 9 atom stereocenters. The van der Waals surface area contributed by atoms with Crippen LogP contribution in [-0.2, 0) is 33.3 Å². The van der Waals surface area contributed by atoms with Crippen LogP contribution in [0.15, 0.2) is 41.5 Å². The first kappa shape index (κ1) is 31.9. The normalized spacial score (nSPS) is 40.4. The zero-order chi connectivity index (χ0) is 32.7. The molecule has 3 saturated carbocycles. The summed E-state index contributed by atoms with van der Waals surface area (Å²) in [4.78, 5) is 55.3. The summed E-state index contributed by atoms with van der Waals surface area (Å²) in [5, 5.41) is 24.5. The monoisotopic (exact) mass is 624 g/mol. The van der Waals surface area contributed by atoms with Gasteiger partial charge in [0.05, 0.1) is 30.1 Å². The molecule has 0 amide bonds. The van der Waals surface area contributed by atoms with Crippen molar-refractivity contribution < 1.29 is 48.3 Å². The number of hydrogen-bond acceptors (Lipinski definition) is 10. The molecule has 6 rings (SSSR count). The Balaban J connectivity index is 1.62. The van der Waals surface area contributed by atoms with E-state index >= 15 is 4.79 Å². The number of ether oxygens (including phenoxy) is 4. The zero-order valence-corrected chi connectivity index (χ0v) is 26.8. The minimum absolute atomic E-state index is 0.0607. The Labute approximate surface area is 263 Å². The SMILES string of the molecule is CC(=O)O[C@H]1C(=O)[C@@]2(C)C([C@H](OC(=O)c3ccccc3)[C@]3(O)C[C@H](O)C(C)=C1C3(C)C)[C@]1(OC(=O)C3CCC3)CO[C@@H]1C[C@@H]2C. The fraction of sp³-hybridized carbons (Fsp3) is 0.657. The van der Waals surface area contributed by atoms with Gasteiger partial charge in [0.2, 0.25) is 0 Å². The van der Waals surface area contributed by atoms with Crippen molar-refractivity contribution in [2.24, 2.45) is 28.6 Å². The minimum Gasteiger partial charge on any atom is -0.455 e. The van der Waals surface area contributed by atoms with Gasteiger partial charge in [0.25, 0.3) is 0 Å². The van der Waals surface area contributed by atoms with Crippen LogP contribution in [-0.4, -0.2) is 76.1 Å². The lowest BCUT2D eigenvalue weighted by atomic mass is 9.43. The van der Waals surface area contributed by atoms with E-state index in [1.165, 1.54) is 6.92 Å². The molecular weight excluding hydrogens is 580 g/mol. The number of fused-ring (bicyclic) bond motifs is 5. The Morgan fingerprint density at radius 3 is 2.27 bits per heavy atom. The third-order valence-electron chi connectivity index (χ3n) is 12.1. The number of benzene rings is 1. The largest absolute Gasteiger partial charge is 0.455 e. The lowest BCUT2D eigenvalue weighted by Crippen LogP contribution is -2.81. The Morgan fingerprint density at radius 2 is 1.71 bits per heavy atom. The van der Waals surface area contributed by atoms with Crippen LogP contribution in [0.1, 0.15) is 84.0 Å². The number of aliphatic hydroxyl groups excluding tert-OH is 1. The smallest absolute Gasteiger partial charge is 0.338 e. The van der Waals surface area contributed by atoms with Gasteiger partial charge >= 0.3 is 17.9 Å². The summed E-state index contributed by atoms with van der Waals surface area (Å²) in [6, 6.07) is 8.34. The molecule has 1 unspecified atom stereocenters. The average Bonchev–Trinajstić information content (AvgIpc) is 2.94. The molecule has 2 bridgehead atoms. The first-order chi connectivity index (χ1) is 21.1. The van der Waals surface area contributed by atoms with Gasteiger partial charge in [0.15, 0.2) is 17.5 Å². The van der Waals surface area contributed by atoms with E-state index in [9.17, 15) is 24.6 Å². The second-order valence-electron chi connectivity index (χ2n) is 14.6. The van der Waals surface area contributed by atoms with Gasteiger partial charge in [0.1, 0.15) is 17.8 Å². The van der Waals surface area contributed by atoms with Gasteiger partial charge in [-0.05, 0) is 55.4 Å². The predicted molar refractivity (Wildman–Crippen MR) is 160 cm³/mol. The quantitative estimate of drug-likeness (QED) is 0.283. The van der Waals surface area contributed by atoms with E-state index in [0.717, 1.165) is 6.42 Å². The molecule has 4 fully saturated rings. The number of esters is 3. The van der Waals surface area contributed by atoms with E-state index in [4.69, 9.17) is 18.9 Å². The van der Waals surface area contributed by atoms with Crippen molar-refractivity contribution in [2.45, 2.75) is 109 Å². The number of hydrogen-bond donors (Lipinski definition) is 2. The lowest BCUT2D eigenvalue weighted by molar-refractivity contribution is -0.342. The van der Waals surface area contributed by atoms with E-state index in [0.29, 0.717) is 24.8 Å². The maximum Gasteiger partial charge on any atom is 0.338 e. The average molecular weight is 625 g/mol. The van der Waals surface area contributed by atoms with Crippen LogP contribution in [0.25, 0.3) is 0 Å². The molecule has 1 aromatic carbocycles. The second-order valence-corrected chi connectivity index (χ2v) is 14.6. The Bertz CT molecular complexity index is 1450. The number of carbonyl (C=O) groups is 4. The van der Waals surface area contributed by atoms with Crippen LogP contribution in [0, 0.1) is 28.6 Å². The Hall–Kier alpha value is -3.08. The highest BCUT2D eigenvalue weighted by Crippen LogP contribution is 2.65. The van der Waals surface area contributed by atoms with Crippen LogP contribution in [0.4, 0.5) is 0 Å². The van der Waals surface area contributed by atoms with Crippen molar-refractivity contribution >= 4 is 23.7 Å². The Morgan fingerprint density at radius 1 is 1.04 bits per heavy atom. The van der Waals surface area contributed by atoms with Crippen molar-refractivity contribution in [1.82, 2.24) is 0 Å². The van der Waals surface area contributed by atoms with Crippen LogP contribution in [0.2, 0.25) is 0 Å². The van der Waals surface area contributed by atoms with Gasteiger partial charge in [-0.3, -0.25) is 14.4 Å². The third kappa shape index (κ3) is 4.46. The molecular formula is C35H44O10. The van der Waals surface area contributed by atoms with E-state index in [-0.39, 0.29) is 30.1 Å². The summed E-state index contributed by atoms with van der Waals surface area (Å²) in [6.45, 7) is 9.86. The molecule has 5 aliphatic rings. The van der Waals surface area contributed by atoms with E-state index in [2.05, 4.69) is 0 Å². The van der Waals surface area contributed by atoms with Gasteiger partial charge in [-0.15, -0.1) is 0 Å². The lowest BCUT2D eigenvalue weighted by Gasteiger charge is -2.68. The molecule has 2 N–H and O–H groups in total. The van der Waals surface area contributed by atoms with Crippen LogP contribution in [0.5, 0.6) is 0 Å². The summed E-state index contributed by atoms with van der Waals surface area (Å²) in [5.74, 6) is -4.11. The topological polar surface area (TPSA) is 146 Å². The van der Waals surface area contributed by atoms with Crippen molar-refractivity contribution in [3.05, 3.63) is 47.0 Å². The van der Waals surface area contributed by atoms with Gasteiger partial charge in [0, 0.05) is 24.2 Å². The van der Waals surface area contributed by atoms with Gasteiger partial charge in [-0.25, -0.2) is 4.79 Å². The molecule has 10 nitrogen and oxygen atoms in total. The van der Waals surface area contributed by atoms with E-state index in [1.807, 2.05) is 6.92 Å². The number of aliphatic hydroxyl groups is 2. The first-order valence-corrected chi connectivity index (χ1v) is 16.0. The number of rotatable bonds is 5. The highest BCUT2D eigenvalue weighted by molar-refractivity contribution is 5.95. The number of ketones is 1. The molecule has 0 radical (unpaired) electrons. The standard InChI is InChI=1S/C35H44O10/c1-18-15-24-34(17-42-24,45-31(40)22-13-10-14-22)27-29(44-30(39)21-11-8-7-9-12-21)35(41)16-23(37)19(2)25(32(35,4)5)26(43-20(3)36)28(38)33(18,27)6/h7-9,11-12,18,22-24,26-27,29,37,41H,10,13-17H2,1-6H3/t18-,23-,24+,26+,27?,29-,33+,34-,35+/m0/s1. The molecule has 4 aliphatic carbocycles. The fourth-order valence-corrected chi connectivity index (χ4v) is 8.85. The van der Waals surface area contributed by atoms with E-state index < -0.39 is 82.0 Å². The number of Topliss-reactive ketones (excluding diaryl/α,β-unsaturated/α-hetero) is 1. The molecule has 1 aromatic rings. The molecule has 0 spiro atoms. The van der Waals surface area contributed by atoms with Crippen LogP contribution < -0.4 is 0 Å². The maximum absolute atomic E-state index is 15.2.